The molecular formula is C12H12N2O14. The Bertz CT molecular complexity index is 685. The Labute approximate surface area is 152 Å². The van der Waals surface area contributed by atoms with Crippen molar-refractivity contribution in [2.75, 3.05) is 13.1 Å². The van der Waals surface area contributed by atoms with Crippen LogP contribution in [0.5, 0.6) is 0 Å². The van der Waals surface area contributed by atoms with Crippen molar-refractivity contribution in [3.8, 4) is 0 Å². The molecule has 0 aliphatic rings. The zero-order chi connectivity index (χ0) is 22.8. The van der Waals surface area contributed by atoms with Crippen molar-refractivity contribution in [3.05, 3.63) is 0 Å². The van der Waals surface area contributed by atoms with Crippen LogP contribution in [0.15, 0.2) is 0 Å². The lowest BCUT2D eigenvalue weighted by Crippen LogP contribution is -2.60. The number of hydrogen-bond acceptors (Lipinski definition) is 12. The van der Waals surface area contributed by atoms with Crippen molar-refractivity contribution in [1.29, 1.82) is 0 Å². The Morgan fingerprint density at radius 2 is 0.893 bits per heavy atom. The molecule has 0 unspecified atom stereocenters. The Kier molecular flexibility index (Phi) is 10.1. The lowest BCUT2D eigenvalue weighted by atomic mass is 9.74. The molecule has 0 amide bonds. The Balaban J connectivity index is 0. The van der Waals surface area contributed by atoms with E-state index in [0.29, 0.717) is 13.1 Å². The second-order valence-corrected chi connectivity index (χ2v) is 4.21. The average molecular weight is 408 g/mol. The molecule has 0 fully saturated rings. The molecule has 28 heavy (non-hydrogen) atoms. The van der Waals surface area contributed by atoms with Crippen molar-refractivity contribution < 1.29 is 68.3 Å². The molecule has 8 N–H and O–H groups in total. The van der Waals surface area contributed by atoms with Gasteiger partial charge in [-0.25, -0.2) is 28.8 Å². The van der Waals surface area contributed by atoms with E-state index in [-0.39, 0.29) is 0 Å². The highest BCUT2D eigenvalue weighted by Crippen LogP contribution is 2.25. The van der Waals surface area contributed by atoms with E-state index < -0.39 is 58.6 Å². The summed E-state index contributed by atoms with van der Waals surface area (Å²) in [6, 6.07) is 0. The molecule has 0 rings (SSSR count). The first kappa shape index (κ1) is 26.2. The number of rotatable bonds is 8. The van der Waals surface area contributed by atoms with Gasteiger partial charge in [0.2, 0.25) is 0 Å². The van der Waals surface area contributed by atoms with Gasteiger partial charge in [0.05, 0.1) is 0 Å². The summed E-state index contributed by atoms with van der Waals surface area (Å²) in [4.78, 5) is 99.3. The van der Waals surface area contributed by atoms with Crippen molar-refractivity contribution in [1.82, 2.24) is 0 Å². The third kappa shape index (κ3) is 5.75. The topological polar surface area (TPSA) is 296 Å². The van der Waals surface area contributed by atoms with Gasteiger partial charge < -0.3 is 36.6 Å². The quantitative estimate of drug-likeness (QED) is 0.124. The maximum absolute atomic E-state index is 11.7. The van der Waals surface area contributed by atoms with E-state index in [2.05, 4.69) is 4.74 Å². The van der Waals surface area contributed by atoms with E-state index in [0.717, 1.165) is 0 Å². The smallest absolute Gasteiger partial charge is 0.424 e. The zero-order valence-corrected chi connectivity index (χ0v) is 13.4. The van der Waals surface area contributed by atoms with Crippen molar-refractivity contribution in [2.24, 2.45) is 16.9 Å². The molecule has 16 heteroatoms. The van der Waals surface area contributed by atoms with Crippen LogP contribution < -0.4 is 11.5 Å². The largest absolute Gasteiger partial charge is 0.475 e. The van der Waals surface area contributed by atoms with Gasteiger partial charge in [0.1, 0.15) is 0 Å². The van der Waals surface area contributed by atoms with E-state index in [9.17, 15) is 43.2 Å². The summed E-state index contributed by atoms with van der Waals surface area (Å²) in [5.41, 5.74) is 5.16. The fourth-order valence-electron chi connectivity index (χ4n) is 1.27. The zero-order valence-electron chi connectivity index (χ0n) is 13.4. The first-order chi connectivity index (χ1) is 12.7. The Morgan fingerprint density at radius 3 is 1.07 bits per heavy atom. The number of carboxylic acids is 4. The van der Waals surface area contributed by atoms with Crippen LogP contribution in [0.4, 0.5) is 0 Å². The van der Waals surface area contributed by atoms with Crippen LogP contribution in [0.3, 0.4) is 0 Å². The summed E-state index contributed by atoms with van der Waals surface area (Å²) < 4.78 is 3.36. The minimum atomic E-state index is -4.64. The van der Waals surface area contributed by atoms with Crippen molar-refractivity contribution in [2.45, 2.75) is 0 Å². The molecule has 0 bridgehead atoms. The molecule has 0 saturated heterocycles. The molecule has 0 atom stereocenters. The standard InChI is InChI=1S/C10H4O14.C2H8N2/c11-1(4(14)15)10(2(12)5(16)17,3(13)6(18)19)9(23)24-8(22)7(20)21;3-1-2-4/h(H,14,15)(H,16,17)(H,18,19)(H,20,21);1-4H2. The molecule has 154 valence electrons. The third-order valence-electron chi connectivity index (χ3n) is 2.44. The second kappa shape index (κ2) is 10.8. The van der Waals surface area contributed by atoms with Crippen LogP contribution in [-0.2, 0) is 47.9 Å². The number of carbonyl (C=O) groups is 9. The molecule has 0 aromatic heterocycles. The highest BCUT2D eigenvalue weighted by Gasteiger charge is 2.67. The van der Waals surface area contributed by atoms with E-state index in [1.165, 1.54) is 0 Å². The van der Waals surface area contributed by atoms with Crippen molar-refractivity contribution >= 4 is 53.2 Å². The number of carbonyl (C=O) groups excluding carboxylic acids is 5. The van der Waals surface area contributed by atoms with Crippen LogP contribution in [0.1, 0.15) is 0 Å². The van der Waals surface area contributed by atoms with Gasteiger partial charge in [0.15, 0.2) is 0 Å². The summed E-state index contributed by atoms with van der Waals surface area (Å²) in [6.07, 6.45) is 0. The Morgan fingerprint density at radius 1 is 0.607 bits per heavy atom. The van der Waals surface area contributed by atoms with E-state index in [4.69, 9.17) is 31.9 Å². The number of hydrogen-bond donors (Lipinski definition) is 6. The maximum atomic E-state index is 11.7. The first-order valence-corrected chi connectivity index (χ1v) is 6.46. The van der Waals surface area contributed by atoms with Crippen LogP contribution in [0.25, 0.3) is 0 Å². The second-order valence-electron chi connectivity index (χ2n) is 4.21. The summed E-state index contributed by atoms with van der Waals surface area (Å²) in [6.45, 7) is 1.19. The number of esters is 2. The number of aliphatic carboxylic acids is 4. The SMILES string of the molecule is NCCN.O=C(O)C(=O)OC(=O)C(C(=O)C(=O)O)(C(=O)C(=O)O)C(=O)C(=O)O. The molecule has 0 saturated carbocycles. The van der Waals surface area contributed by atoms with E-state index in [1.54, 1.807) is 0 Å². The predicted octanol–water partition coefficient (Wildman–Crippen LogP) is -5.01. The van der Waals surface area contributed by atoms with Gasteiger partial charge in [-0.05, 0) is 0 Å². The summed E-state index contributed by atoms with van der Waals surface area (Å²) >= 11 is 0. The number of carboxylic acid groups (broad SMARTS) is 4. The number of nitrogens with two attached hydrogens (primary N) is 2. The van der Waals surface area contributed by atoms with Crippen LogP contribution >= 0.6 is 0 Å². The lowest BCUT2D eigenvalue weighted by Gasteiger charge is -2.21. The average Bonchev–Trinajstić information content (AvgIpc) is 2.61. The van der Waals surface area contributed by atoms with Gasteiger partial charge in [0, 0.05) is 13.1 Å². The summed E-state index contributed by atoms with van der Waals surface area (Å²) in [5.74, 6) is -25.0. The van der Waals surface area contributed by atoms with E-state index >= 15 is 0 Å². The fourth-order valence-corrected chi connectivity index (χ4v) is 1.27. The maximum Gasteiger partial charge on any atom is 0.424 e. The molecule has 0 aromatic rings. The normalized spacial score (nSPS) is 9.79. The summed E-state index contributed by atoms with van der Waals surface area (Å²) in [7, 11) is 0. The monoisotopic (exact) mass is 408 g/mol. The molecule has 0 aromatic carbocycles. The molecular weight excluding hydrogens is 396 g/mol. The lowest BCUT2D eigenvalue weighted by molar-refractivity contribution is -0.183. The van der Waals surface area contributed by atoms with Crippen LogP contribution in [-0.4, -0.2) is 86.7 Å². The molecule has 0 aliphatic heterocycles. The molecule has 0 heterocycles. The van der Waals surface area contributed by atoms with Gasteiger partial charge in [-0.15, -0.1) is 0 Å². The van der Waals surface area contributed by atoms with Crippen LogP contribution in [0.2, 0.25) is 0 Å². The molecule has 0 radical (unpaired) electrons. The molecule has 0 spiro atoms. The highest BCUT2D eigenvalue weighted by molar-refractivity contribution is 6.66. The van der Waals surface area contributed by atoms with E-state index in [1.807, 2.05) is 0 Å². The third-order valence-corrected chi connectivity index (χ3v) is 2.44. The fraction of sp³-hybridized carbons (Fsp3) is 0.250. The van der Waals surface area contributed by atoms with Gasteiger partial charge in [-0.1, -0.05) is 0 Å². The first-order valence-electron chi connectivity index (χ1n) is 6.46. The highest BCUT2D eigenvalue weighted by atomic mass is 16.6. The number of ketones is 3. The number of ether oxygens (including phenoxy) is 1. The van der Waals surface area contributed by atoms with Crippen molar-refractivity contribution in [3.63, 3.8) is 0 Å². The minimum Gasteiger partial charge on any atom is -0.475 e. The van der Waals surface area contributed by atoms with Gasteiger partial charge in [-0.2, -0.15) is 0 Å². The van der Waals surface area contributed by atoms with Gasteiger partial charge in [0.25, 0.3) is 22.8 Å². The predicted molar refractivity (Wildman–Crippen MR) is 77.2 cm³/mol. The number of Topliss-reactive ketones (excluding diaryl/α,β-unsaturated/α-hetero) is 3. The summed E-state index contributed by atoms with van der Waals surface area (Å²) in [5, 5.41) is 33.8. The molecule has 0 aliphatic carbocycles. The van der Waals surface area contributed by atoms with Crippen LogP contribution in [0, 0.1) is 5.41 Å². The molecule has 16 nitrogen and oxygen atoms in total. The minimum absolute atomic E-state index is 0.597. The Hall–Kier alpha value is -4.05. The van der Waals surface area contributed by atoms with Gasteiger partial charge >= 0.3 is 35.8 Å². The van der Waals surface area contributed by atoms with Gasteiger partial charge in [-0.3, -0.25) is 14.4 Å².